The average Bonchev–Trinajstić information content (AvgIpc) is 2.34. The number of esters is 1. The Hall–Kier alpha value is -1.31. The third kappa shape index (κ3) is 4.38. The molecule has 0 radical (unpaired) electrons. The number of methoxy groups -OCH3 is 1. The van der Waals surface area contributed by atoms with Crippen molar-refractivity contribution in [1.82, 2.24) is 0 Å². The number of carbonyl (C=O) groups excluding carboxylic acids is 1. The second kappa shape index (κ2) is 6.23. The number of carbonyl (C=O) groups is 1. The number of ether oxygens (including phenoxy) is 1. The summed E-state index contributed by atoms with van der Waals surface area (Å²) in [6.07, 6.45) is 0.745. The van der Waals surface area contributed by atoms with Crippen LogP contribution < -0.4 is 0 Å². The Kier molecular flexibility index (Phi) is 5.16. The molecule has 1 rings (SSSR count). The largest absolute Gasteiger partial charge is 0.469 e. The summed E-state index contributed by atoms with van der Waals surface area (Å²) in [5.74, 6) is 0.107. The fourth-order valence-corrected chi connectivity index (χ4v) is 2.14. The van der Waals surface area contributed by atoms with Crippen LogP contribution in [0.5, 0.6) is 0 Å². The highest BCUT2D eigenvalue weighted by Crippen LogP contribution is 2.24. The summed E-state index contributed by atoms with van der Waals surface area (Å²) in [5, 5.41) is 0. The molecule has 106 valence electrons. The minimum atomic E-state index is -0.116. The monoisotopic (exact) mass is 262 g/mol. The Labute approximate surface area is 117 Å². The topological polar surface area (TPSA) is 26.3 Å². The van der Waals surface area contributed by atoms with E-state index in [-0.39, 0.29) is 23.2 Å². The van der Waals surface area contributed by atoms with Crippen molar-refractivity contribution < 1.29 is 9.53 Å². The average molecular weight is 262 g/mol. The van der Waals surface area contributed by atoms with Crippen LogP contribution in [0.15, 0.2) is 24.3 Å². The van der Waals surface area contributed by atoms with Gasteiger partial charge in [0.1, 0.15) is 0 Å². The first-order valence-electron chi connectivity index (χ1n) is 6.93. The summed E-state index contributed by atoms with van der Waals surface area (Å²) in [7, 11) is 1.46. The van der Waals surface area contributed by atoms with Gasteiger partial charge in [0.25, 0.3) is 0 Å². The summed E-state index contributed by atoms with van der Waals surface area (Å²) >= 11 is 0. The van der Waals surface area contributed by atoms with Crippen LogP contribution in [0.1, 0.15) is 45.7 Å². The third-order valence-electron chi connectivity index (χ3n) is 3.58. The predicted octanol–water partition coefficient (Wildman–Crippen LogP) is 3.97. The van der Waals surface area contributed by atoms with E-state index in [1.165, 1.54) is 18.2 Å². The van der Waals surface area contributed by atoms with E-state index in [0.29, 0.717) is 0 Å². The third-order valence-corrected chi connectivity index (χ3v) is 3.58. The molecule has 19 heavy (non-hydrogen) atoms. The summed E-state index contributed by atoms with van der Waals surface area (Å²) < 4.78 is 4.88. The standard InChI is InChI=1S/C17H26O2/c1-12(2)15(16(18)19-6)11-13-7-9-14(10-8-13)17(3,4)5/h7-10,12,15H,11H2,1-6H3. The quantitative estimate of drug-likeness (QED) is 0.767. The maximum atomic E-state index is 11.8. The van der Waals surface area contributed by atoms with Crippen LogP contribution in [-0.2, 0) is 21.4 Å². The normalized spacial score (nSPS) is 13.4. The highest BCUT2D eigenvalue weighted by atomic mass is 16.5. The SMILES string of the molecule is COC(=O)C(Cc1ccc(C(C)(C)C)cc1)C(C)C. The summed E-state index contributed by atoms with van der Waals surface area (Å²) in [6, 6.07) is 8.56. The zero-order valence-electron chi connectivity index (χ0n) is 13.0. The van der Waals surface area contributed by atoms with Crippen LogP contribution in [0.2, 0.25) is 0 Å². The highest BCUT2D eigenvalue weighted by Gasteiger charge is 2.23. The van der Waals surface area contributed by atoms with Crippen molar-refractivity contribution in [2.45, 2.75) is 46.5 Å². The predicted molar refractivity (Wildman–Crippen MR) is 79.2 cm³/mol. The molecule has 1 aromatic carbocycles. The van der Waals surface area contributed by atoms with E-state index < -0.39 is 0 Å². The summed E-state index contributed by atoms with van der Waals surface area (Å²) in [6.45, 7) is 10.7. The molecule has 0 aromatic heterocycles. The first-order chi connectivity index (χ1) is 8.75. The van der Waals surface area contributed by atoms with Crippen LogP contribution in [0.3, 0.4) is 0 Å². The Morgan fingerprint density at radius 3 is 2.05 bits per heavy atom. The molecular formula is C17H26O2. The van der Waals surface area contributed by atoms with E-state index in [9.17, 15) is 4.79 Å². The minimum absolute atomic E-state index is 0.0644. The van der Waals surface area contributed by atoms with Gasteiger partial charge in [-0.2, -0.15) is 0 Å². The molecule has 1 atom stereocenters. The molecule has 0 bridgehead atoms. The number of hydrogen-bond donors (Lipinski definition) is 0. The van der Waals surface area contributed by atoms with E-state index >= 15 is 0 Å². The summed E-state index contributed by atoms with van der Waals surface area (Å²) in [4.78, 5) is 11.8. The molecule has 0 aliphatic heterocycles. The maximum Gasteiger partial charge on any atom is 0.309 e. The van der Waals surface area contributed by atoms with E-state index in [1.807, 2.05) is 0 Å². The van der Waals surface area contributed by atoms with E-state index in [4.69, 9.17) is 4.74 Å². The second-order valence-electron chi connectivity index (χ2n) is 6.52. The lowest BCUT2D eigenvalue weighted by Gasteiger charge is -2.21. The molecule has 0 aliphatic rings. The van der Waals surface area contributed by atoms with Crippen LogP contribution in [0, 0.1) is 11.8 Å². The fourth-order valence-electron chi connectivity index (χ4n) is 2.14. The Bertz CT molecular complexity index is 410. The molecule has 2 heteroatoms. The molecule has 1 aromatic rings. The van der Waals surface area contributed by atoms with Gasteiger partial charge in [-0.05, 0) is 28.9 Å². The van der Waals surface area contributed by atoms with Gasteiger partial charge in [-0.1, -0.05) is 58.9 Å². The molecule has 0 N–H and O–H groups in total. The van der Waals surface area contributed by atoms with Gasteiger partial charge >= 0.3 is 5.97 Å². The molecule has 2 nitrogen and oxygen atoms in total. The van der Waals surface area contributed by atoms with Gasteiger partial charge in [-0.25, -0.2) is 0 Å². The van der Waals surface area contributed by atoms with Crippen LogP contribution in [0.4, 0.5) is 0 Å². The van der Waals surface area contributed by atoms with Crippen LogP contribution in [0.25, 0.3) is 0 Å². The molecule has 0 saturated heterocycles. The van der Waals surface area contributed by atoms with Crippen molar-refractivity contribution in [2.75, 3.05) is 7.11 Å². The second-order valence-corrected chi connectivity index (χ2v) is 6.52. The van der Waals surface area contributed by atoms with E-state index in [2.05, 4.69) is 58.9 Å². The molecule has 0 amide bonds. The number of benzene rings is 1. The Balaban J connectivity index is 2.84. The van der Waals surface area contributed by atoms with Gasteiger partial charge in [0.15, 0.2) is 0 Å². The van der Waals surface area contributed by atoms with Gasteiger partial charge < -0.3 is 4.74 Å². The first kappa shape index (κ1) is 15.7. The molecule has 0 fully saturated rings. The van der Waals surface area contributed by atoms with Crippen molar-refractivity contribution in [3.63, 3.8) is 0 Å². The van der Waals surface area contributed by atoms with Gasteiger partial charge in [0, 0.05) is 0 Å². The molecular weight excluding hydrogens is 236 g/mol. The van der Waals surface area contributed by atoms with Gasteiger partial charge in [-0.15, -0.1) is 0 Å². The highest BCUT2D eigenvalue weighted by molar-refractivity contribution is 5.72. The van der Waals surface area contributed by atoms with Crippen LogP contribution >= 0.6 is 0 Å². The Morgan fingerprint density at radius 2 is 1.68 bits per heavy atom. The smallest absolute Gasteiger partial charge is 0.309 e. The van der Waals surface area contributed by atoms with Crippen molar-refractivity contribution in [3.05, 3.63) is 35.4 Å². The number of hydrogen-bond acceptors (Lipinski definition) is 2. The van der Waals surface area contributed by atoms with E-state index in [1.54, 1.807) is 0 Å². The zero-order valence-corrected chi connectivity index (χ0v) is 13.0. The molecule has 0 saturated carbocycles. The molecule has 0 aliphatic carbocycles. The van der Waals surface area contributed by atoms with Crippen molar-refractivity contribution in [2.24, 2.45) is 11.8 Å². The molecule has 0 spiro atoms. The molecule has 1 unspecified atom stereocenters. The first-order valence-corrected chi connectivity index (χ1v) is 6.93. The van der Waals surface area contributed by atoms with E-state index in [0.717, 1.165) is 6.42 Å². The minimum Gasteiger partial charge on any atom is -0.469 e. The van der Waals surface area contributed by atoms with Crippen LogP contribution in [-0.4, -0.2) is 13.1 Å². The van der Waals surface area contributed by atoms with Crippen molar-refractivity contribution in [1.29, 1.82) is 0 Å². The lowest BCUT2D eigenvalue weighted by atomic mass is 9.85. The Morgan fingerprint density at radius 1 is 1.16 bits per heavy atom. The van der Waals surface area contributed by atoms with Gasteiger partial charge in [0.05, 0.1) is 13.0 Å². The van der Waals surface area contributed by atoms with Crippen molar-refractivity contribution in [3.8, 4) is 0 Å². The van der Waals surface area contributed by atoms with Gasteiger partial charge in [-0.3, -0.25) is 4.79 Å². The fraction of sp³-hybridized carbons (Fsp3) is 0.588. The number of rotatable bonds is 4. The van der Waals surface area contributed by atoms with Gasteiger partial charge in [0.2, 0.25) is 0 Å². The lowest BCUT2D eigenvalue weighted by molar-refractivity contribution is -0.146. The summed E-state index contributed by atoms with van der Waals surface area (Å²) in [5.41, 5.74) is 2.67. The molecule has 0 heterocycles. The lowest BCUT2D eigenvalue weighted by Crippen LogP contribution is -2.24. The van der Waals surface area contributed by atoms with Crippen molar-refractivity contribution >= 4 is 5.97 Å². The zero-order chi connectivity index (χ0) is 14.6. The maximum absolute atomic E-state index is 11.8.